The van der Waals surface area contributed by atoms with E-state index in [0.29, 0.717) is 0 Å². The molecule has 94 valence electrons. The zero-order chi connectivity index (χ0) is 12.1. The molecule has 17 heavy (non-hydrogen) atoms. The molecule has 0 aliphatic heterocycles. The molecule has 0 aromatic heterocycles. The van der Waals surface area contributed by atoms with Crippen molar-refractivity contribution in [3.05, 3.63) is 18.2 Å². The van der Waals surface area contributed by atoms with Gasteiger partial charge in [0.25, 0.3) is 0 Å². The molecule has 1 aromatic carbocycles. The van der Waals surface area contributed by atoms with Crippen LogP contribution in [0, 0.1) is 0 Å². The zero-order valence-electron chi connectivity index (χ0n) is 10.4. The van der Waals surface area contributed by atoms with Crippen molar-refractivity contribution >= 4 is 17.4 Å². The second-order valence-corrected chi connectivity index (χ2v) is 5.98. The number of benzene rings is 1. The van der Waals surface area contributed by atoms with Gasteiger partial charge in [-0.1, -0.05) is 19.8 Å². The third-order valence-electron chi connectivity index (χ3n) is 2.98. The summed E-state index contributed by atoms with van der Waals surface area (Å²) < 4.78 is 5.65. The van der Waals surface area contributed by atoms with Gasteiger partial charge >= 0.3 is 0 Å². The molecule has 1 fully saturated rings. The molecule has 2 nitrogen and oxygen atoms in total. The second-order valence-electron chi connectivity index (χ2n) is 4.61. The first-order valence-corrected chi connectivity index (χ1v) is 7.36. The van der Waals surface area contributed by atoms with Crippen molar-refractivity contribution in [1.29, 1.82) is 0 Å². The van der Waals surface area contributed by atoms with Crippen LogP contribution in [0.2, 0.25) is 0 Å². The van der Waals surface area contributed by atoms with Crippen molar-refractivity contribution in [2.75, 3.05) is 12.3 Å². The van der Waals surface area contributed by atoms with E-state index >= 15 is 0 Å². The van der Waals surface area contributed by atoms with Crippen LogP contribution in [0.15, 0.2) is 23.1 Å². The smallest absolute Gasteiger partial charge is 0.122 e. The molecule has 3 heteroatoms. The molecule has 0 atom stereocenters. The first-order valence-electron chi connectivity index (χ1n) is 6.48. The van der Waals surface area contributed by atoms with Gasteiger partial charge < -0.3 is 10.5 Å². The second kappa shape index (κ2) is 6.20. The van der Waals surface area contributed by atoms with Crippen LogP contribution in [0.4, 0.5) is 5.69 Å². The summed E-state index contributed by atoms with van der Waals surface area (Å²) in [4.78, 5) is 1.25. The highest BCUT2D eigenvalue weighted by Crippen LogP contribution is 2.36. The minimum Gasteiger partial charge on any atom is -0.493 e. The molecule has 2 rings (SSSR count). The Morgan fingerprint density at radius 2 is 2.06 bits per heavy atom. The summed E-state index contributed by atoms with van der Waals surface area (Å²) in [6, 6.07) is 6.09. The predicted octanol–water partition coefficient (Wildman–Crippen LogP) is 4.09. The van der Waals surface area contributed by atoms with Crippen LogP contribution in [-0.2, 0) is 0 Å². The Hall–Kier alpha value is -0.830. The van der Waals surface area contributed by atoms with Crippen LogP contribution in [0.25, 0.3) is 0 Å². The molecule has 0 amide bonds. The minimum absolute atomic E-state index is 0.761. The van der Waals surface area contributed by atoms with Gasteiger partial charge in [0.1, 0.15) is 5.75 Å². The summed E-state index contributed by atoms with van der Waals surface area (Å²) in [5.74, 6) is 0.910. The number of nitrogen functional groups attached to an aromatic ring is 1. The largest absolute Gasteiger partial charge is 0.493 e. The van der Waals surface area contributed by atoms with E-state index < -0.39 is 0 Å². The van der Waals surface area contributed by atoms with Gasteiger partial charge in [0.05, 0.1) is 6.61 Å². The molecule has 0 bridgehead atoms. The van der Waals surface area contributed by atoms with Crippen molar-refractivity contribution in [2.45, 2.75) is 49.2 Å². The number of nitrogens with two attached hydrogens (primary N) is 1. The Bertz CT molecular complexity index is 361. The molecule has 0 radical (unpaired) electrons. The number of ether oxygens (including phenoxy) is 1. The van der Waals surface area contributed by atoms with Gasteiger partial charge in [0.2, 0.25) is 0 Å². The Balaban J connectivity index is 2.02. The van der Waals surface area contributed by atoms with Gasteiger partial charge in [0, 0.05) is 21.9 Å². The lowest BCUT2D eigenvalue weighted by Crippen LogP contribution is -1.98. The van der Waals surface area contributed by atoms with E-state index in [4.69, 9.17) is 10.5 Å². The lowest BCUT2D eigenvalue weighted by atomic mass is 10.3. The maximum Gasteiger partial charge on any atom is 0.122 e. The lowest BCUT2D eigenvalue weighted by molar-refractivity contribution is 0.317. The van der Waals surface area contributed by atoms with Crippen LogP contribution in [0.1, 0.15) is 39.0 Å². The summed E-state index contributed by atoms with van der Waals surface area (Å²) in [7, 11) is 0. The number of hydrogen-bond acceptors (Lipinski definition) is 3. The number of anilines is 1. The Kier molecular flexibility index (Phi) is 4.60. The highest BCUT2D eigenvalue weighted by Gasteiger charge is 2.16. The predicted molar refractivity (Wildman–Crippen MR) is 74.8 cm³/mol. The molecule has 1 saturated carbocycles. The average molecular weight is 251 g/mol. The number of hydrogen-bond donors (Lipinski definition) is 1. The molecule has 1 aliphatic carbocycles. The summed E-state index contributed by atoms with van der Waals surface area (Å²) in [5.41, 5.74) is 6.72. The van der Waals surface area contributed by atoms with E-state index in [1.165, 1.54) is 30.6 Å². The van der Waals surface area contributed by atoms with Crippen molar-refractivity contribution in [3.8, 4) is 5.75 Å². The van der Waals surface area contributed by atoms with Crippen molar-refractivity contribution in [3.63, 3.8) is 0 Å². The average Bonchev–Trinajstić information content (AvgIpc) is 2.78. The van der Waals surface area contributed by atoms with Gasteiger partial charge in [-0.3, -0.25) is 0 Å². The molecule has 1 aliphatic rings. The first kappa shape index (κ1) is 12.6. The fourth-order valence-electron chi connectivity index (χ4n) is 2.16. The fourth-order valence-corrected chi connectivity index (χ4v) is 3.51. The maximum atomic E-state index is 5.91. The molecule has 0 spiro atoms. The normalized spacial score (nSPS) is 16.3. The maximum absolute atomic E-state index is 5.91. The fraction of sp³-hybridized carbons (Fsp3) is 0.571. The van der Waals surface area contributed by atoms with Crippen molar-refractivity contribution in [2.24, 2.45) is 0 Å². The SMILES string of the molecule is CCCOc1cc(N)cc(SC2CCCC2)c1. The number of rotatable bonds is 5. The molecular formula is C14H21NOS. The van der Waals surface area contributed by atoms with Gasteiger partial charge in [0.15, 0.2) is 0 Å². The highest BCUT2D eigenvalue weighted by atomic mass is 32.2. The molecule has 2 N–H and O–H groups in total. The van der Waals surface area contributed by atoms with E-state index in [-0.39, 0.29) is 0 Å². The van der Waals surface area contributed by atoms with Crippen LogP contribution in [-0.4, -0.2) is 11.9 Å². The van der Waals surface area contributed by atoms with Crippen LogP contribution in [0.5, 0.6) is 5.75 Å². The standard InChI is InChI=1S/C14H21NOS/c1-2-7-16-12-8-11(15)9-14(10-12)17-13-5-3-4-6-13/h8-10,13H,2-7,15H2,1H3. The summed E-state index contributed by atoms with van der Waals surface area (Å²) >= 11 is 1.95. The van der Waals surface area contributed by atoms with Crippen LogP contribution in [0.3, 0.4) is 0 Å². The molecule has 0 heterocycles. The zero-order valence-corrected chi connectivity index (χ0v) is 11.3. The van der Waals surface area contributed by atoms with E-state index in [9.17, 15) is 0 Å². The Morgan fingerprint density at radius 3 is 2.76 bits per heavy atom. The van der Waals surface area contributed by atoms with E-state index in [0.717, 1.165) is 29.7 Å². The lowest BCUT2D eigenvalue weighted by Gasteiger charge is -2.12. The van der Waals surface area contributed by atoms with Crippen molar-refractivity contribution < 1.29 is 4.74 Å². The molecular weight excluding hydrogens is 230 g/mol. The summed E-state index contributed by atoms with van der Waals surface area (Å²) in [5, 5.41) is 0.774. The quantitative estimate of drug-likeness (QED) is 0.800. The molecule has 0 unspecified atom stereocenters. The van der Waals surface area contributed by atoms with Crippen LogP contribution < -0.4 is 10.5 Å². The van der Waals surface area contributed by atoms with Gasteiger partial charge in [-0.15, -0.1) is 11.8 Å². The van der Waals surface area contributed by atoms with Gasteiger partial charge in [-0.2, -0.15) is 0 Å². The van der Waals surface area contributed by atoms with E-state index in [1.807, 2.05) is 17.8 Å². The molecule has 1 aromatic rings. The monoisotopic (exact) mass is 251 g/mol. The number of thioether (sulfide) groups is 1. The van der Waals surface area contributed by atoms with Gasteiger partial charge in [-0.25, -0.2) is 0 Å². The minimum atomic E-state index is 0.761. The molecule has 0 saturated heterocycles. The topological polar surface area (TPSA) is 35.2 Å². The Morgan fingerprint density at radius 1 is 1.29 bits per heavy atom. The Labute approximate surface area is 108 Å². The first-order chi connectivity index (χ1) is 8.28. The van der Waals surface area contributed by atoms with Crippen LogP contribution >= 0.6 is 11.8 Å². The highest BCUT2D eigenvalue weighted by molar-refractivity contribution is 8.00. The van der Waals surface area contributed by atoms with Crippen molar-refractivity contribution in [1.82, 2.24) is 0 Å². The third-order valence-corrected chi connectivity index (χ3v) is 4.29. The summed E-state index contributed by atoms with van der Waals surface area (Å²) in [6.45, 7) is 2.87. The summed E-state index contributed by atoms with van der Waals surface area (Å²) in [6.07, 6.45) is 6.45. The third kappa shape index (κ3) is 3.84. The van der Waals surface area contributed by atoms with E-state index in [2.05, 4.69) is 19.1 Å². The van der Waals surface area contributed by atoms with E-state index in [1.54, 1.807) is 0 Å². The van der Waals surface area contributed by atoms with Gasteiger partial charge in [-0.05, 0) is 31.4 Å².